The van der Waals surface area contributed by atoms with Gasteiger partial charge in [0.2, 0.25) is 0 Å². The summed E-state index contributed by atoms with van der Waals surface area (Å²) in [6.45, 7) is -0.245. The molecule has 7 heteroatoms. The predicted molar refractivity (Wildman–Crippen MR) is 107 cm³/mol. The number of nitrogens with zero attached hydrogens (tertiary/aromatic N) is 1. The van der Waals surface area contributed by atoms with E-state index in [0.29, 0.717) is 22.6 Å². The van der Waals surface area contributed by atoms with Crippen LogP contribution in [0.4, 0.5) is 0 Å². The molecular weight excluding hydrogens is 358 g/mol. The summed E-state index contributed by atoms with van der Waals surface area (Å²) in [5, 5.41) is 5.85. The number of hydrazone groups is 1. The van der Waals surface area contributed by atoms with Crippen LogP contribution in [-0.4, -0.2) is 31.7 Å². The number of nitrogens with one attached hydrogen (secondary N) is 1. The van der Waals surface area contributed by atoms with Crippen molar-refractivity contribution in [2.45, 2.75) is 0 Å². The highest BCUT2D eigenvalue weighted by Gasteiger charge is 2.09. The molecule has 3 rings (SSSR count). The van der Waals surface area contributed by atoms with Crippen molar-refractivity contribution in [3.05, 3.63) is 71.8 Å². The molecule has 2 amide bonds. The van der Waals surface area contributed by atoms with E-state index < -0.39 is 5.91 Å². The van der Waals surface area contributed by atoms with E-state index in [-0.39, 0.29) is 12.5 Å². The van der Waals surface area contributed by atoms with Crippen molar-refractivity contribution in [1.82, 2.24) is 5.43 Å². The normalized spacial score (nSPS) is 10.8. The van der Waals surface area contributed by atoms with Crippen LogP contribution < -0.4 is 20.6 Å². The second-order valence-corrected chi connectivity index (χ2v) is 5.89. The van der Waals surface area contributed by atoms with E-state index in [0.717, 1.165) is 10.8 Å². The molecule has 0 fully saturated rings. The maximum atomic E-state index is 12.5. The molecule has 3 N–H and O–H groups in total. The molecule has 7 nitrogen and oxygen atoms in total. The van der Waals surface area contributed by atoms with E-state index in [4.69, 9.17) is 15.2 Å². The van der Waals surface area contributed by atoms with Crippen LogP contribution in [0.1, 0.15) is 15.9 Å². The molecule has 0 saturated heterocycles. The fourth-order valence-electron chi connectivity index (χ4n) is 2.68. The zero-order valence-electron chi connectivity index (χ0n) is 15.2. The van der Waals surface area contributed by atoms with Gasteiger partial charge in [-0.15, -0.1) is 0 Å². The first-order chi connectivity index (χ1) is 13.6. The molecule has 0 atom stereocenters. The number of carbonyl (C=O) groups excluding carboxylic acids is 2. The van der Waals surface area contributed by atoms with Gasteiger partial charge >= 0.3 is 0 Å². The minimum absolute atomic E-state index is 0.245. The summed E-state index contributed by atoms with van der Waals surface area (Å²) in [5.74, 6) is -0.0749. The Kier molecular flexibility index (Phi) is 5.86. The van der Waals surface area contributed by atoms with Crippen molar-refractivity contribution in [2.24, 2.45) is 10.8 Å². The first-order valence-corrected chi connectivity index (χ1v) is 8.49. The molecule has 0 bridgehead atoms. The Hall–Kier alpha value is -3.87. The highest BCUT2D eigenvalue weighted by Crippen LogP contribution is 2.27. The lowest BCUT2D eigenvalue weighted by Gasteiger charge is -2.09. The van der Waals surface area contributed by atoms with Gasteiger partial charge in [0.05, 0.1) is 13.3 Å². The van der Waals surface area contributed by atoms with Crippen LogP contribution in [0.5, 0.6) is 11.5 Å². The third kappa shape index (κ3) is 4.45. The molecule has 0 aromatic heterocycles. The van der Waals surface area contributed by atoms with Crippen LogP contribution in [-0.2, 0) is 4.79 Å². The van der Waals surface area contributed by atoms with E-state index in [1.165, 1.54) is 13.3 Å². The maximum absolute atomic E-state index is 12.5. The highest BCUT2D eigenvalue weighted by molar-refractivity contribution is 6.07. The topological polar surface area (TPSA) is 103 Å². The summed E-state index contributed by atoms with van der Waals surface area (Å²) in [7, 11) is 1.48. The minimum Gasteiger partial charge on any atom is -0.493 e. The van der Waals surface area contributed by atoms with Crippen LogP contribution in [0, 0.1) is 0 Å². The Bertz CT molecular complexity index is 1040. The Morgan fingerprint density at radius 3 is 2.64 bits per heavy atom. The largest absolute Gasteiger partial charge is 0.493 e. The summed E-state index contributed by atoms with van der Waals surface area (Å²) in [4.78, 5) is 23.3. The zero-order chi connectivity index (χ0) is 19.9. The summed E-state index contributed by atoms with van der Waals surface area (Å²) in [5.41, 5.74) is 8.83. The van der Waals surface area contributed by atoms with Gasteiger partial charge < -0.3 is 15.2 Å². The highest BCUT2D eigenvalue weighted by atomic mass is 16.5. The third-order valence-corrected chi connectivity index (χ3v) is 3.97. The van der Waals surface area contributed by atoms with Crippen molar-refractivity contribution in [3.8, 4) is 11.5 Å². The second-order valence-electron chi connectivity index (χ2n) is 5.89. The summed E-state index contributed by atoms with van der Waals surface area (Å²) in [6.07, 6.45) is 1.49. The summed E-state index contributed by atoms with van der Waals surface area (Å²) >= 11 is 0. The van der Waals surface area contributed by atoms with E-state index in [1.54, 1.807) is 24.3 Å². The molecule has 0 aliphatic carbocycles. The van der Waals surface area contributed by atoms with E-state index in [1.807, 2.05) is 36.4 Å². The number of hydrogen-bond acceptors (Lipinski definition) is 5. The van der Waals surface area contributed by atoms with Crippen molar-refractivity contribution >= 4 is 28.8 Å². The van der Waals surface area contributed by atoms with Crippen molar-refractivity contribution < 1.29 is 19.1 Å². The third-order valence-electron chi connectivity index (χ3n) is 3.97. The number of primary amides is 1. The standard InChI is InChI=1S/C21H19N3O4/c1-27-19-11-14(9-10-18(19)28-13-20(22)25)12-23-24-21(26)17-8-4-6-15-5-2-3-7-16(15)17/h2-12H,13H2,1H3,(H2,22,25)(H,24,26)/b23-12+. The van der Waals surface area contributed by atoms with Gasteiger partial charge in [-0.05, 0) is 40.6 Å². The van der Waals surface area contributed by atoms with Crippen LogP contribution in [0.25, 0.3) is 10.8 Å². The minimum atomic E-state index is -0.580. The van der Waals surface area contributed by atoms with Gasteiger partial charge in [-0.1, -0.05) is 36.4 Å². The molecule has 0 aliphatic rings. The molecule has 3 aromatic carbocycles. The molecular formula is C21H19N3O4. The predicted octanol–water partition coefficient (Wildman–Crippen LogP) is 2.48. The second kappa shape index (κ2) is 8.68. The van der Waals surface area contributed by atoms with Gasteiger partial charge in [-0.3, -0.25) is 9.59 Å². The average molecular weight is 377 g/mol. The lowest BCUT2D eigenvalue weighted by atomic mass is 10.0. The average Bonchev–Trinajstić information content (AvgIpc) is 2.72. The Morgan fingerprint density at radius 2 is 1.86 bits per heavy atom. The summed E-state index contributed by atoms with van der Waals surface area (Å²) < 4.78 is 10.5. The van der Waals surface area contributed by atoms with Gasteiger partial charge in [0, 0.05) is 5.56 Å². The number of amides is 2. The van der Waals surface area contributed by atoms with Gasteiger partial charge in [-0.25, -0.2) is 5.43 Å². The molecule has 0 saturated carbocycles. The number of benzene rings is 3. The Labute approximate surface area is 161 Å². The first-order valence-electron chi connectivity index (χ1n) is 8.49. The number of nitrogens with two attached hydrogens (primary N) is 1. The van der Waals surface area contributed by atoms with Gasteiger partial charge in [0.1, 0.15) is 0 Å². The number of carbonyl (C=O) groups is 2. The van der Waals surface area contributed by atoms with E-state index >= 15 is 0 Å². The molecule has 28 heavy (non-hydrogen) atoms. The Balaban J connectivity index is 1.71. The van der Waals surface area contributed by atoms with Crippen LogP contribution >= 0.6 is 0 Å². The van der Waals surface area contributed by atoms with Crippen molar-refractivity contribution in [1.29, 1.82) is 0 Å². The maximum Gasteiger partial charge on any atom is 0.271 e. The van der Waals surface area contributed by atoms with Crippen LogP contribution in [0.3, 0.4) is 0 Å². The van der Waals surface area contributed by atoms with Gasteiger partial charge in [0.25, 0.3) is 11.8 Å². The number of ether oxygens (including phenoxy) is 2. The SMILES string of the molecule is COc1cc(/C=N/NC(=O)c2cccc3ccccc23)ccc1OCC(N)=O. The monoisotopic (exact) mass is 377 g/mol. The van der Waals surface area contributed by atoms with E-state index in [2.05, 4.69) is 10.5 Å². The van der Waals surface area contributed by atoms with Crippen LogP contribution in [0.2, 0.25) is 0 Å². The first kappa shape index (κ1) is 18.9. The number of fused-ring (bicyclic) bond motifs is 1. The van der Waals surface area contributed by atoms with Gasteiger partial charge in [0.15, 0.2) is 18.1 Å². The number of rotatable bonds is 7. The lowest BCUT2D eigenvalue weighted by Crippen LogP contribution is -2.20. The fraction of sp³-hybridized carbons (Fsp3) is 0.0952. The van der Waals surface area contributed by atoms with Crippen LogP contribution in [0.15, 0.2) is 65.8 Å². The molecule has 0 spiro atoms. The lowest BCUT2D eigenvalue weighted by molar-refractivity contribution is -0.119. The smallest absolute Gasteiger partial charge is 0.271 e. The fourth-order valence-corrected chi connectivity index (χ4v) is 2.68. The summed E-state index contributed by atoms with van der Waals surface area (Å²) in [6, 6.07) is 18.2. The van der Waals surface area contributed by atoms with Crippen molar-refractivity contribution in [2.75, 3.05) is 13.7 Å². The molecule has 142 valence electrons. The zero-order valence-corrected chi connectivity index (χ0v) is 15.2. The van der Waals surface area contributed by atoms with Crippen molar-refractivity contribution in [3.63, 3.8) is 0 Å². The van der Waals surface area contributed by atoms with E-state index in [9.17, 15) is 9.59 Å². The quantitative estimate of drug-likeness (QED) is 0.488. The Morgan fingerprint density at radius 1 is 1.07 bits per heavy atom. The number of methoxy groups -OCH3 is 1. The molecule has 0 unspecified atom stereocenters. The molecule has 0 aliphatic heterocycles. The molecule has 3 aromatic rings. The van der Waals surface area contributed by atoms with Gasteiger partial charge in [-0.2, -0.15) is 5.10 Å². The number of hydrogen-bond donors (Lipinski definition) is 2. The molecule has 0 radical (unpaired) electrons. The molecule has 0 heterocycles.